The largest absolute Gasteiger partial charge is 0.493 e. The molecule has 0 aliphatic carbocycles. The van der Waals surface area contributed by atoms with Crippen LogP contribution in [0.3, 0.4) is 0 Å². The van der Waals surface area contributed by atoms with E-state index in [0.29, 0.717) is 48.8 Å². The smallest absolute Gasteiger partial charge is 0.338 e. The first-order valence-corrected chi connectivity index (χ1v) is 15.6. The molecule has 0 bridgehead atoms. The number of thiazole rings is 1. The Morgan fingerprint density at radius 3 is 2.45 bits per heavy atom. The molecule has 0 fully saturated rings. The van der Waals surface area contributed by atoms with Crippen LogP contribution in [0.25, 0.3) is 11.8 Å². The van der Waals surface area contributed by atoms with E-state index in [2.05, 4.69) is 6.07 Å². The van der Waals surface area contributed by atoms with Crippen molar-refractivity contribution >= 4 is 29.1 Å². The van der Waals surface area contributed by atoms with E-state index < -0.39 is 17.8 Å². The van der Waals surface area contributed by atoms with Gasteiger partial charge in [0.25, 0.3) is 5.56 Å². The second kappa shape index (κ2) is 13.7. The first-order valence-electron chi connectivity index (χ1n) is 14.7. The molecule has 0 unspecified atom stereocenters. The van der Waals surface area contributed by atoms with Crippen LogP contribution in [-0.4, -0.2) is 24.3 Å². The predicted molar refractivity (Wildman–Crippen MR) is 176 cm³/mol. The normalized spacial score (nSPS) is 14.2. The van der Waals surface area contributed by atoms with Crippen molar-refractivity contribution in [1.29, 1.82) is 5.26 Å². The number of nitriles is 1. The second-order valence-electron chi connectivity index (χ2n) is 10.5. The van der Waals surface area contributed by atoms with Crippen LogP contribution in [0.2, 0.25) is 0 Å². The lowest BCUT2D eigenvalue weighted by atomic mass is 9.93. The number of halogens is 1. The van der Waals surface area contributed by atoms with E-state index in [9.17, 15) is 14.0 Å². The van der Waals surface area contributed by atoms with E-state index >= 15 is 0 Å². The minimum Gasteiger partial charge on any atom is -0.493 e. The number of aromatic nitrogens is 1. The maximum absolute atomic E-state index is 14.1. The van der Waals surface area contributed by atoms with Crippen molar-refractivity contribution in [2.45, 2.75) is 19.6 Å². The summed E-state index contributed by atoms with van der Waals surface area (Å²) >= 11 is 1.18. The first-order chi connectivity index (χ1) is 22.9. The zero-order valence-corrected chi connectivity index (χ0v) is 26.3. The van der Waals surface area contributed by atoms with Crippen LogP contribution in [-0.2, 0) is 16.1 Å². The van der Waals surface area contributed by atoms with Gasteiger partial charge in [-0.2, -0.15) is 5.26 Å². The average molecular weight is 646 g/mol. The molecule has 234 valence electrons. The lowest BCUT2D eigenvalue weighted by Crippen LogP contribution is -2.40. The Balaban J connectivity index is 1.44. The Hall–Kier alpha value is -5.79. The van der Waals surface area contributed by atoms with Gasteiger partial charge in [-0.05, 0) is 66.1 Å². The molecule has 47 heavy (non-hydrogen) atoms. The summed E-state index contributed by atoms with van der Waals surface area (Å²) in [6.07, 6.45) is 1.73. The van der Waals surface area contributed by atoms with Crippen LogP contribution >= 0.6 is 11.3 Å². The Labute approximate surface area is 273 Å². The number of hydrogen-bond donors (Lipinski definition) is 0. The number of esters is 1. The van der Waals surface area contributed by atoms with Crippen LogP contribution < -0.4 is 24.4 Å². The number of carbonyl (C=O) groups is 1. The summed E-state index contributed by atoms with van der Waals surface area (Å²) in [6.45, 7) is 2.11. The number of methoxy groups -OCH3 is 1. The van der Waals surface area contributed by atoms with Crippen molar-refractivity contribution in [3.8, 4) is 17.6 Å². The number of hydrogen-bond acceptors (Lipinski definition) is 8. The van der Waals surface area contributed by atoms with Gasteiger partial charge in [0, 0.05) is 5.56 Å². The molecule has 0 radical (unpaired) electrons. The average Bonchev–Trinajstić information content (AvgIpc) is 3.41. The molecule has 2 heterocycles. The molecule has 1 aliphatic heterocycles. The third kappa shape index (κ3) is 6.48. The van der Waals surface area contributed by atoms with Gasteiger partial charge in [-0.25, -0.2) is 14.2 Å². The highest BCUT2D eigenvalue weighted by Crippen LogP contribution is 2.35. The summed E-state index contributed by atoms with van der Waals surface area (Å²) in [5, 5.41) is 9.03. The first kappa shape index (κ1) is 31.2. The Morgan fingerprint density at radius 2 is 1.77 bits per heavy atom. The van der Waals surface area contributed by atoms with Gasteiger partial charge in [0.05, 0.1) is 47.2 Å². The van der Waals surface area contributed by atoms with E-state index in [1.807, 2.05) is 48.5 Å². The zero-order valence-electron chi connectivity index (χ0n) is 25.5. The fourth-order valence-electron chi connectivity index (χ4n) is 5.28. The second-order valence-corrected chi connectivity index (χ2v) is 11.5. The zero-order chi connectivity index (χ0) is 32.9. The topological polar surface area (TPSA) is 103 Å². The molecule has 1 atom stereocenters. The SMILES string of the molecule is CCOC(=O)C1=C(c2ccccc2)N=c2s/c(=C\c3ccc(OCc4ccc(C#N)cc4)c(OC)c3)c(=O)n2[C@@H]1c1ccc(F)cc1. The summed E-state index contributed by atoms with van der Waals surface area (Å²) in [4.78, 5) is 32.9. The fraction of sp³-hybridized carbons (Fsp3) is 0.135. The Bertz CT molecular complexity index is 2200. The van der Waals surface area contributed by atoms with E-state index in [0.717, 1.165) is 5.56 Å². The lowest BCUT2D eigenvalue weighted by Gasteiger charge is -2.25. The molecule has 1 aromatic heterocycles. The number of rotatable bonds is 9. The van der Waals surface area contributed by atoms with Gasteiger partial charge in [0.2, 0.25) is 0 Å². The molecular weight excluding hydrogens is 617 g/mol. The van der Waals surface area contributed by atoms with Crippen molar-refractivity contribution in [2.24, 2.45) is 4.99 Å². The van der Waals surface area contributed by atoms with Crippen LogP contribution in [0, 0.1) is 17.1 Å². The van der Waals surface area contributed by atoms with Crippen molar-refractivity contribution in [2.75, 3.05) is 13.7 Å². The lowest BCUT2D eigenvalue weighted by molar-refractivity contribution is -0.138. The number of nitrogens with zero attached hydrogens (tertiary/aromatic N) is 3. The standard InChI is InChI=1S/C37H28FN3O5S/c1-3-45-36(43)32-33(26-7-5-4-6-8-26)40-37-41(34(32)27-14-16-28(38)17-15-27)35(42)31(47-37)20-25-13-18-29(30(19-25)44-2)46-22-24-11-9-23(21-39)10-12-24/h4-20,34H,3,22H2,1-2H3/b31-20-/t34-/m1/s1. The highest BCUT2D eigenvalue weighted by atomic mass is 32.1. The molecule has 1 aliphatic rings. The fourth-order valence-corrected chi connectivity index (χ4v) is 6.28. The van der Waals surface area contributed by atoms with Crippen molar-refractivity contribution < 1.29 is 23.4 Å². The van der Waals surface area contributed by atoms with Gasteiger partial charge < -0.3 is 14.2 Å². The summed E-state index contributed by atoms with van der Waals surface area (Å²) < 4.78 is 32.9. The summed E-state index contributed by atoms with van der Waals surface area (Å²) in [5.74, 6) is -0.0666. The summed E-state index contributed by atoms with van der Waals surface area (Å²) in [5.41, 5.74) is 3.58. The van der Waals surface area contributed by atoms with Gasteiger partial charge in [-0.1, -0.05) is 72.0 Å². The minimum atomic E-state index is -0.907. The van der Waals surface area contributed by atoms with Gasteiger partial charge in [-0.15, -0.1) is 0 Å². The molecule has 8 nitrogen and oxygen atoms in total. The number of ether oxygens (including phenoxy) is 3. The maximum atomic E-state index is 14.1. The minimum absolute atomic E-state index is 0.125. The van der Waals surface area contributed by atoms with Crippen molar-refractivity contribution in [3.05, 3.63) is 156 Å². The molecule has 0 amide bonds. The van der Waals surface area contributed by atoms with Crippen LogP contribution in [0.1, 0.15) is 40.8 Å². The van der Waals surface area contributed by atoms with Gasteiger partial charge in [0.1, 0.15) is 12.4 Å². The van der Waals surface area contributed by atoms with E-state index in [1.165, 1.54) is 35.1 Å². The molecule has 0 saturated heterocycles. The number of fused-ring (bicyclic) bond motifs is 1. The molecule has 0 spiro atoms. The van der Waals surface area contributed by atoms with Gasteiger partial charge in [0.15, 0.2) is 16.3 Å². The third-order valence-electron chi connectivity index (χ3n) is 7.52. The quantitative estimate of drug-likeness (QED) is 0.195. The van der Waals surface area contributed by atoms with Gasteiger partial charge >= 0.3 is 5.97 Å². The third-order valence-corrected chi connectivity index (χ3v) is 8.51. The van der Waals surface area contributed by atoms with Crippen molar-refractivity contribution in [1.82, 2.24) is 4.57 Å². The number of benzene rings is 4. The highest BCUT2D eigenvalue weighted by Gasteiger charge is 2.35. The summed E-state index contributed by atoms with van der Waals surface area (Å²) in [7, 11) is 1.53. The number of carbonyl (C=O) groups excluding carboxylic acids is 1. The molecular formula is C37H28FN3O5S. The van der Waals surface area contributed by atoms with Crippen LogP contribution in [0.5, 0.6) is 11.5 Å². The van der Waals surface area contributed by atoms with E-state index in [1.54, 1.807) is 49.4 Å². The van der Waals surface area contributed by atoms with Crippen molar-refractivity contribution in [3.63, 3.8) is 0 Å². The molecule has 10 heteroatoms. The van der Waals surface area contributed by atoms with Crippen LogP contribution in [0.15, 0.2) is 112 Å². The van der Waals surface area contributed by atoms with Crippen LogP contribution in [0.4, 0.5) is 4.39 Å². The molecule has 0 saturated carbocycles. The van der Waals surface area contributed by atoms with E-state index in [-0.39, 0.29) is 24.3 Å². The molecule has 5 aromatic rings. The van der Waals surface area contributed by atoms with E-state index in [4.69, 9.17) is 24.5 Å². The highest BCUT2D eigenvalue weighted by molar-refractivity contribution is 7.07. The Morgan fingerprint density at radius 1 is 1.02 bits per heavy atom. The molecule has 4 aromatic carbocycles. The molecule has 6 rings (SSSR count). The maximum Gasteiger partial charge on any atom is 0.338 e. The summed E-state index contributed by atoms with van der Waals surface area (Å²) in [6, 6.07) is 28.6. The Kier molecular flexibility index (Phi) is 9.09. The predicted octanol–water partition coefficient (Wildman–Crippen LogP) is 5.53. The molecule has 0 N–H and O–H groups in total. The van der Waals surface area contributed by atoms with Gasteiger partial charge in [-0.3, -0.25) is 9.36 Å². The monoisotopic (exact) mass is 645 g/mol.